The van der Waals surface area contributed by atoms with Gasteiger partial charge in [0.15, 0.2) is 12.2 Å². The second kappa shape index (κ2) is 22.8. The Hall–Kier alpha value is -7.50. The number of carbonyl (C=O) groups is 2. The minimum atomic E-state index is -1.16. The monoisotopic (exact) mass is 1100 g/mol. The van der Waals surface area contributed by atoms with Gasteiger partial charge in [0.2, 0.25) is 11.9 Å². The van der Waals surface area contributed by atoms with Gasteiger partial charge in [-0.2, -0.15) is 0 Å². The molecule has 10 rings (SSSR count). The van der Waals surface area contributed by atoms with E-state index in [0.29, 0.717) is 30.5 Å². The van der Waals surface area contributed by atoms with E-state index in [1.165, 1.54) is 18.4 Å². The number of esters is 1. The van der Waals surface area contributed by atoms with Crippen LogP contribution in [0.3, 0.4) is 0 Å². The molecule has 0 amide bonds. The summed E-state index contributed by atoms with van der Waals surface area (Å²) in [5, 5.41) is 12.6. The van der Waals surface area contributed by atoms with E-state index in [-0.39, 0.29) is 0 Å². The molecule has 8 aromatic rings. The molecule has 16 heteroatoms. The van der Waals surface area contributed by atoms with E-state index in [0.717, 1.165) is 121 Å². The Bertz CT molecular complexity index is 3630. The fourth-order valence-corrected chi connectivity index (χ4v) is 11.6. The van der Waals surface area contributed by atoms with Gasteiger partial charge in [-0.15, -0.1) is 0 Å². The molecule has 0 spiro atoms. The molecule has 0 fully saturated rings. The van der Waals surface area contributed by atoms with Crippen molar-refractivity contribution in [3.8, 4) is 22.3 Å². The lowest BCUT2D eigenvalue weighted by Crippen LogP contribution is -2.32. The summed E-state index contributed by atoms with van der Waals surface area (Å²) in [5.41, 5.74) is 16.8. The summed E-state index contributed by atoms with van der Waals surface area (Å²) in [5.74, 6) is -0.191. The van der Waals surface area contributed by atoms with Crippen LogP contribution in [0.25, 0.3) is 44.1 Å². The van der Waals surface area contributed by atoms with Crippen molar-refractivity contribution >= 4 is 57.0 Å². The van der Waals surface area contributed by atoms with Crippen molar-refractivity contribution in [1.29, 1.82) is 0 Å². The number of aromatic nitrogens is 6. The SMILES string of the molecule is COC(=O)[C@@H](OC(C)(C)C)c1c(C)c2c3c(cc(C)n3CCN2c2ncc(CN(C)C)cn2)c1-c1ccc(C)cc1.Cc1ccc(-c2c([C@H](OC(C)(C)C)C(=O)O)c(C)c3c4c2cc(C)n4CCN3c2ncc(CN(C)C)cn2)cc1. The highest BCUT2D eigenvalue weighted by molar-refractivity contribution is 6.10. The molecule has 4 aromatic heterocycles. The molecular weight excluding hydrogens is 1020 g/mol. The van der Waals surface area contributed by atoms with Gasteiger partial charge in [-0.3, -0.25) is 0 Å². The Morgan fingerprint density at radius 1 is 0.568 bits per heavy atom. The smallest absolute Gasteiger partial charge is 0.339 e. The van der Waals surface area contributed by atoms with Crippen LogP contribution in [0, 0.1) is 41.5 Å². The van der Waals surface area contributed by atoms with E-state index in [9.17, 15) is 14.7 Å². The maximum Gasteiger partial charge on any atom is 0.339 e. The van der Waals surface area contributed by atoms with Crippen molar-refractivity contribution < 1.29 is 28.9 Å². The largest absolute Gasteiger partial charge is 0.479 e. The number of carboxylic acid groups (broad SMARTS) is 1. The zero-order chi connectivity index (χ0) is 58.6. The van der Waals surface area contributed by atoms with Crippen molar-refractivity contribution in [2.24, 2.45) is 0 Å². The quantitative estimate of drug-likeness (QED) is 0.103. The average Bonchev–Trinajstić information content (AvgIpc) is 4.20. The molecular formula is C65H80N10O6. The lowest BCUT2D eigenvalue weighted by molar-refractivity contribution is -0.164. The van der Waals surface area contributed by atoms with Crippen LogP contribution in [0.2, 0.25) is 0 Å². The zero-order valence-corrected chi connectivity index (χ0v) is 50.4. The fourth-order valence-electron chi connectivity index (χ4n) is 11.6. The molecule has 81 heavy (non-hydrogen) atoms. The van der Waals surface area contributed by atoms with Crippen LogP contribution in [0.5, 0.6) is 0 Å². The first-order valence-electron chi connectivity index (χ1n) is 27.8. The number of aliphatic carboxylic acids is 1. The normalized spacial score (nSPS) is 14.2. The first kappa shape index (κ1) is 58.2. The topological polar surface area (TPSA) is 156 Å². The predicted molar refractivity (Wildman–Crippen MR) is 323 cm³/mol. The number of carboxylic acids is 1. The van der Waals surface area contributed by atoms with E-state index >= 15 is 0 Å². The van der Waals surface area contributed by atoms with Crippen LogP contribution in [0.1, 0.15) is 110 Å². The number of aryl methyl sites for hydroxylation is 4. The highest BCUT2D eigenvalue weighted by Gasteiger charge is 2.39. The lowest BCUT2D eigenvalue weighted by Gasteiger charge is -2.35. The molecule has 0 radical (unpaired) electrons. The number of rotatable bonds is 14. The van der Waals surface area contributed by atoms with Gasteiger partial charge in [0.1, 0.15) is 0 Å². The van der Waals surface area contributed by atoms with Gasteiger partial charge in [0.25, 0.3) is 0 Å². The summed E-state index contributed by atoms with van der Waals surface area (Å²) in [6, 6.07) is 21.2. The standard InChI is InChI=1S/C33H41N5O3.C32H39N5O3/c1-20-10-12-24(13-11-20)27-25-16-21(2)37-14-15-38(32-34-17-23(18-35-32)19-36(7)8)28(29(25)37)22(3)26(27)30(31(39)40-9)41-33(4,5)6;1-19-9-11-23(12-10-19)26-24-15-20(2)36-13-14-37(31-33-16-22(17-34-31)18-35(7)8)27(28(24)36)21(3)25(26)29(30(38)39)40-32(4,5)6/h10-13,16-18,30H,14-15,19H2,1-9H3;9-12,15-17,29H,13-14,18H2,1-8H3,(H,38,39)/t30-;29-/m00/s1. The number of hydrogen-bond donors (Lipinski definition) is 1. The molecule has 0 saturated heterocycles. The van der Waals surface area contributed by atoms with Gasteiger partial charge in [0, 0.05) is 108 Å². The van der Waals surface area contributed by atoms with Crippen molar-refractivity contribution in [2.75, 3.05) is 58.2 Å². The summed E-state index contributed by atoms with van der Waals surface area (Å²) in [4.78, 5) is 54.0. The van der Waals surface area contributed by atoms with Crippen molar-refractivity contribution in [2.45, 2.75) is 133 Å². The van der Waals surface area contributed by atoms with Gasteiger partial charge >= 0.3 is 11.9 Å². The molecule has 2 aliphatic rings. The number of benzene rings is 4. The number of ether oxygens (including phenoxy) is 3. The molecule has 426 valence electrons. The molecule has 6 heterocycles. The van der Waals surface area contributed by atoms with Crippen LogP contribution >= 0.6 is 0 Å². The highest BCUT2D eigenvalue weighted by Crippen LogP contribution is 2.51. The van der Waals surface area contributed by atoms with Crippen molar-refractivity contribution in [3.05, 3.63) is 141 Å². The van der Waals surface area contributed by atoms with Crippen molar-refractivity contribution in [3.63, 3.8) is 0 Å². The first-order valence-corrected chi connectivity index (χ1v) is 27.8. The summed E-state index contributed by atoms with van der Waals surface area (Å²) in [7, 11) is 9.52. The van der Waals surface area contributed by atoms with Crippen LogP contribution in [0.15, 0.2) is 85.5 Å². The van der Waals surface area contributed by atoms with Gasteiger partial charge in [0.05, 0.1) is 40.7 Å². The molecule has 16 nitrogen and oxygen atoms in total. The van der Waals surface area contributed by atoms with E-state index < -0.39 is 35.3 Å². The molecule has 0 aliphatic carbocycles. The Labute approximate surface area is 477 Å². The van der Waals surface area contributed by atoms with Crippen LogP contribution < -0.4 is 9.80 Å². The maximum atomic E-state index is 13.5. The Morgan fingerprint density at radius 3 is 1.26 bits per heavy atom. The number of nitrogens with zero attached hydrogens (tertiary/aromatic N) is 10. The molecule has 4 aromatic carbocycles. The predicted octanol–water partition coefficient (Wildman–Crippen LogP) is 12.4. The van der Waals surface area contributed by atoms with E-state index in [1.807, 2.05) is 101 Å². The van der Waals surface area contributed by atoms with Crippen LogP contribution in [-0.2, 0) is 50.0 Å². The summed E-state index contributed by atoms with van der Waals surface area (Å²) >= 11 is 0. The molecule has 0 bridgehead atoms. The Morgan fingerprint density at radius 2 is 0.926 bits per heavy atom. The minimum absolute atomic E-state index is 0.425. The molecule has 2 aliphatic heterocycles. The molecule has 1 N–H and O–H groups in total. The Balaban J connectivity index is 0.000000196. The minimum Gasteiger partial charge on any atom is -0.479 e. The molecule has 0 unspecified atom stereocenters. The third kappa shape index (κ3) is 11.8. The summed E-state index contributed by atoms with van der Waals surface area (Å²) < 4.78 is 22.8. The van der Waals surface area contributed by atoms with Gasteiger partial charge in [-0.1, -0.05) is 59.7 Å². The summed E-state index contributed by atoms with van der Waals surface area (Å²) in [6.07, 6.45) is 5.46. The second-order valence-electron chi connectivity index (χ2n) is 24.3. The maximum absolute atomic E-state index is 13.5. The van der Waals surface area contributed by atoms with Crippen LogP contribution in [0.4, 0.5) is 23.3 Å². The Kier molecular flexibility index (Phi) is 16.4. The summed E-state index contributed by atoms with van der Waals surface area (Å²) in [6.45, 7) is 28.5. The number of hydrogen-bond acceptors (Lipinski definition) is 13. The number of anilines is 4. The van der Waals surface area contributed by atoms with Crippen molar-refractivity contribution in [1.82, 2.24) is 38.9 Å². The van der Waals surface area contributed by atoms with Crippen LogP contribution in [-0.4, -0.2) is 116 Å². The van der Waals surface area contributed by atoms with E-state index in [1.54, 1.807) is 0 Å². The van der Waals surface area contributed by atoms with Gasteiger partial charge < -0.3 is 48.1 Å². The third-order valence-electron chi connectivity index (χ3n) is 14.9. The van der Waals surface area contributed by atoms with Gasteiger partial charge in [-0.25, -0.2) is 29.5 Å². The fraction of sp³-hybridized carbons (Fsp3) is 0.415. The molecule has 2 atom stereocenters. The third-order valence-corrected chi connectivity index (χ3v) is 14.9. The zero-order valence-electron chi connectivity index (χ0n) is 50.4. The highest BCUT2D eigenvalue weighted by atomic mass is 16.6. The van der Waals surface area contributed by atoms with E-state index in [4.69, 9.17) is 34.1 Å². The molecule has 0 saturated carbocycles. The number of methoxy groups -OCH3 is 1. The number of carbonyl (C=O) groups excluding carboxylic acids is 1. The van der Waals surface area contributed by atoms with E-state index in [2.05, 4.69) is 124 Å². The second-order valence-corrected chi connectivity index (χ2v) is 24.3. The first-order chi connectivity index (χ1) is 38.2. The lowest BCUT2D eigenvalue weighted by atomic mass is 9.87. The van der Waals surface area contributed by atoms with Gasteiger partial charge in [-0.05, 0) is 157 Å². The average molecular weight is 1100 g/mol.